The standard InChI is InChI=1S/C11H19N3OS/c1-3-4-7-14(2)8-9-5-6-10(16-9)11(15)13-12/h5-6H,3-4,7-8,12H2,1-2H3,(H,13,15). The SMILES string of the molecule is CCCCN(C)Cc1ccc(C(=O)NN)s1. The first kappa shape index (κ1) is 13.2. The number of carbonyl (C=O) groups excluding carboxylic acids is 1. The third-order valence-corrected chi connectivity index (χ3v) is 3.40. The Morgan fingerprint density at radius 3 is 2.94 bits per heavy atom. The summed E-state index contributed by atoms with van der Waals surface area (Å²) in [5.41, 5.74) is 2.14. The van der Waals surface area contributed by atoms with Crippen LogP contribution in [-0.2, 0) is 6.54 Å². The van der Waals surface area contributed by atoms with E-state index in [2.05, 4.69) is 24.3 Å². The smallest absolute Gasteiger partial charge is 0.275 e. The zero-order valence-corrected chi connectivity index (χ0v) is 10.6. The van der Waals surface area contributed by atoms with Crippen LogP contribution in [-0.4, -0.2) is 24.4 Å². The molecule has 0 spiro atoms. The molecule has 90 valence electrons. The summed E-state index contributed by atoms with van der Waals surface area (Å²) in [6.45, 7) is 4.16. The Kier molecular flexibility index (Phi) is 5.45. The minimum absolute atomic E-state index is 0.215. The lowest BCUT2D eigenvalue weighted by Gasteiger charge is -2.14. The number of hydrazine groups is 1. The van der Waals surface area contributed by atoms with Gasteiger partial charge in [0.1, 0.15) is 0 Å². The van der Waals surface area contributed by atoms with E-state index < -0.39 is 0 Å². The van der Waals surface area contributed by atoms with Crippen molar-refractivity contribution < 1.29 is 4.79 Å². The zero-order valence-electron chi connectivity index (χ0n) is 9.82. The summed E-state index contributed by atoms with van der Waals surface area (Å²) in [5, 5.41) is 0. The van der Waals surface area contributed by atoms with E-state index in [1.54, 1.807) is 0 Å². The molecule has 0 aliphatic carbocycles. The largest absolute Gasteiger partial charge is 0.301 e. The molecule has 0 fully saturated rings. The van der Waals surface area contributed by atoms with Gasteiger partial charge >= 0.3 is 0 Å². The number of unbranched alkanes of at least 4 members (excludes halogenated alkanes) is 1. The molecule has 3 N–H and O–H groups in total. The predicted molar refractivity (Wildman–Crippen MR) is 67.2 cm³/mol. The molecule has 1 rings (SSSR count). The van der Waals surface area contributed by atoms with Gasteiger partial charge in [-0.25, -0.2) is 5.84 Å². The van der Waals surface area contributed by atoms with Crippen LogP contribution in [0.1, 0.15) is 34.3 Å². The van der Waals surface area contributed by atoms with Gasteiger partial charge in [0.15, 0.2) is 0 Å². The Balaban J connectivity index is 2.48. The molecule has 1 aromatic heterocycles. The fourth-order valence-corrected chi connectivity index (χ4v) is 2.42. The van der Waals surface area contributed by atoms with Crippen molar-refractivity contribution in [2.75, 3.05) is 13.6 Å². The maximum Gasteiger partial charge on any atom is 0.275 e. The van der Waals surface area contributed by atoms with Gasteiger partial charge in [-0.1, -0.05) is 13.3 Å². The lowest BCUT2D eigenvalue weighted by atomic mass is 10.3. The number of nitrogen functional groups attached to an aromatic ring is 1. The summed E-state index contributed by atoms with van der Waals surface area (Å²) in [6, 6.07) is 3.80. The molecule has 1 amide bonds. The molecule has 0 atom stereocenters. The number of amides is 1. The van der Waals surface area contributed by atoms with E-state index in [0.29, 0.717) is 4.88 Å². The minimum atomic E-state index is -0.215. The number of nitrogens with one attached hydrogen (secondary N) is 1. The van der Waals surface area contributed by atoms with E-state index >= 15 is 0 Å². The molecule has 0 radical (unpaired) electrons. The average molecular weight is 241 g/mol. The minimum Gasteiger partial charge on any atom is -0.301 e. The number of carbonyl (C=O) groups is 1. The summed E-state index contributed by atoms with van der Waals surface area (Å²) in [4.78, 5) is 15.4. The van der Waals surface area contributed by atoms with Crippen molar-refractivity contribution in [3.63, 3.8) is 0 Å². The molecule has 16 heavy (non-hydrogen) atoms. The molecule has 0 aliphatic rings. The number of nitrogens with two attached hydrogens (primary N) is 1. The van der Waals surface area contributed by atoms with Crippen LogP contribution in [0.4, 0.5) is 0 Å². The molecular weight excluding hydrogens is 222 g/mol. The van der Waals surface area contributed by atoms with Crippen molar-refractivity contribution in [3.8, 4) is 0 Å². The first-order valence-corrected chi connectivity index (χ1v) is 6.27. The fraction of sp³-hybridized carbons (Fsp3) is 0.545. The van der Waals surface area contributed by atoms with Gasteiger partial charge < -0.3 is 4.90 Å². The third kappa shape index (κ3) is 3.92. The normalized spacial score (nSPS) is 10.8. The van der Waals surface area contributed by atoms with Crippen LogP contribution in [0.15, 0.2) is 12.1 Å². The molecule has 0 saturated heterocycles. The van der Waals surface area contributed by atoms with Gasteiger partial charge in [-0.2, -0.15) is 0 Å². The van der Waals surface area contributed by atoms with Crippen LogP contribution in [0, 0.1) is 0 Å². The second-order valence-electron chi connectivity index (χ2n) is 3.83. The lowest BCUT2D eigenvalue weighted by Crippen LogP contribution is -2.29. The highest BCUT2D eigenvalue weighted by atomic mass is 32.1. The quantitative estimate of drug-likeness (QED) is 0.452. The average Bonchev–Trinajstić information content (AvgIpc) is 2.73. The first-order valence-electron chi connectivity index (χ1n) is 5.45. The van der Waals surface area contributed by atoms with Gasteiger partial charge in [0.25, 0.3) is 5.91 Å². The molecule has 0 saturated carbocycles. The summed E-state index contributed by atoms with van der Waals surface area (Å²) in [6.07, 6.45) is 2.41. The monoisotopic (exact) mass is 241 g/mol. The van der Waals surface area contributed by atoms with Crippen LogP contribution >= 0.6 is 11.3 Å². The third-order valence-electron chi connectivity index (χ3n) is 2.34. The molecule has 0 aliphatic heterocycles. The van der Waals surface area contributed by atoms with Crippen LogP contribution in [0.5, 0.6) is 0 Å². The Bertz CT molecular complexity index is 338. The van der Waals surface area contributed by atoms with Crippen LogP contribution in [0.25, 0.3) is 0 Å². The predicted octanol–water partition coefficient (Wildman–Crippen LogP) is 1.58. The van der Waals surface area contributed by atoms with Crippen molar-refractivity contribution in [2.24, 2.45) is 5.84 Å². The molecule has 0 aromatic carbocycles. The van der Waals surface area contributed by atoms with Crippen LogP contribution in [0.2, 0.25) is 0 Å². The first-order chi connectivity index (χ1) is 7.67. The Morgan fingerprint density at radius 1 is 1.56 bits per heavy atom. The van der Waals surface area contributed by atoms with Crippen molar-refractivity contribution in [1.82, 2.24) is 10.3 Å². The van der Waals surface area contributed by atoms with Crippen molar-refractivity contribution in [2.45, 2.75) is 26.3 Å². The van der Waals surface area contributed by atoms with Crippen LogP contribution in [0.3, 0.4) is 0 Å². The highest BCUT2D eigenvalue weighted by Gasteiger charge is 2.08. The topological polar surface area (TPSA) is 58.4 Å². The Morgan fingerprint density at radius 2 is 2.31 bits per heavy atom. The second-order valence-corrected chi connectivity index (χ2v) is 5.00. The van der Waals surface area contributed by atoms with Gasteiger partial charge in [0.2, 0.25) is 0 Å². The van der Waals surface area contributed by atoms with Gasteiger partial charge in [0, 0.05) is 11.4 Å². The van der Waals surface area contributed by atoms with E-state index in [9.17, 15) is 4.79 Å². The number of nitrogens with zero attached hydrogens (tertiary/aromatic N) is 1. The Hall–Kier alpha value is -0.910. The zero-order chi connectivity index (χ0) is 12.0. The highest BCUT2D eigenvalue weighted by molar-refractivity contribution is 7.14. The van der Waals surface area contributed by atoms with E-state index in [0.717, 1.165) is 13.1 Å². The number of hydrogen-bond donors (Lipinski definition) is 2. The molecule has 0 unspecified atom stereocenters. The van der Waals surface area contributed by atoms with E-state index in [1.807, 2.05) is 12.1 Å². The molecule has 4 nitrogen and oxygen atoms in total. The second kappa shape index (κ2) is 6.62. The van der Waals surface area contributed by atoms with Gasteiger partial charge in [0.05, 0.1) is 4.88 Å². The van der Waals surface area contributed by atoms with Crippen LogP contribution < -0.4 is 11.3 Å². The highest BCUT2D eigenvalue weighted by Crippen LogP contribution is 2.17. The molecule has 0 bridgehead atoms. The van der Waals surface area contributed by atoms with E-state index in [1.165, 1.54) is 29.1 Å². The van der Waals surface area contributed by atoms with E-state index in [4.69, 9.17) is 5.84 Å². The summed E-state index contributed by atoms with van der Waals surface area (Å²) >= 11 is 1.49. The van der Waals surface area contributed by atoms with Crippen molar-refractivity contribution in [1.29, 1.82) is 0 Å². The van der Waals surface area contributed by atoms with Gasteiger partial charge in [-0.05, 0) is 32.1 Å². The molecular formula is C11H19N3OS. The van der Waals surface area contributed by atoms with E-state index in [-0.39, 0.29) is 5.91 Å². The molecule has 1 heterocycles. The lowest BCUT2D eigenvalue weighted by molar-refractivity contribution is 0.0957. The summed E-state index contributed by atoms with van der Waals surface area (Å²) in [5.74, 6) is 4.86. The fourth-order valence-electron chi connectivity index (χ4n) is 1.43. The number of hydrogen-bond acceptors (Lipinski definition) is 4. The molecule has 1 aromatic rings. The van der Waals surface area contributed by atoms with Crippen molar-refractivity contribution in [3.05, 3.63) is 21.9 Å². The van der Waals surface area contributed by atoms with Gasteiger partial charge in [-0.15, -0.1) is 11.3 Å². The maximum absolute atomic E-state index is 11.2. The summed E-state index contributed by atoms with van der Waals surface area (Å²) < 4.78 is 0. The molecule has 5 heteroatoms. The summed E-state index contributed by atoms with van der Waals surface area (Å²) in [7, 11) is 2.10. The van der Waals surface area contributed by atoms with Gasteiger partial charge in [-0.3, -0.25) is 10.2 Å². The number of rotatable bonds is 6. The Labute approximate surface area is 100 Å². The van der Waals surface area contributed by atoms with Crippen molar-refractivity contribution >= 4 is 17.2 Å². The number of thiophene rings is 1. The maximum atomic E-state index is 11.2.